The highest BCUT2D eigenvalue weighted by molar-refractivity contribution is 6.33. The smallest absolute Gasteiger partial charge is 0.173 e. The van der Waals surface area contributed by atoms with E-state index in [0.717, 1.165) is 25.7 Å². The Morgan fingerprint density at radius 1 is 1.18 bits per heavy atom. The number of hydrogen-bond acceptors (Lipinski definition) is 2. The van der Waals surface area contributed by atoms with Crippen molar-refractivity contribution in [3.05, 3.63) is 11.6 Å². The molecule has 0 bridgehead atoms. The number of rotatable bonds is 0. The fraction of sp³-hybridized carbons (Fsp3) is 0.842. The standard InChI is InChI=1S/C19H27ClO2/c1-18-8-7-14-12(13(18)5-6-17(18)22)4-3-11-9-16(21)15(20)10-19(11,14)2/h9,12-15,17,22H,3-8,10H2,1-2H3/t12-,13-,14-,15?,17-,18-,19-/m0/s1. The van der Waals surface area contributed by atoms with Crippen LogP contribution in [0.1, 0.15) is 58.8 Å². The summed E-state index contributed by atoms with van der Waals surface area (Å²) in [6, 6.07) is 0. The third-order valence-electron chi connectivity index (χ3n) is 7.91. The van der Waals surface area contributed by atoms with Crippen LogP contribution in [0.5, 0.6) is 0 Å². The summed E-state index contributed by atoms with van der Waals surface area (Å²) in [6.45, 7) is 4.67. The van der Waals surface area contributed by atoms with E-state index in [1.165, 1.54) is 24.8 Å². The van der Waals surface area contributed by atoms with Gasteiger partial charge in [0.15, 0.2) is 5.78 Å². The Kier molecular flexibility index (Phi) is 3.34. The summed E-state index contributed by atoms with van der Waals surface area (Å²) < 4.78 is 0. The molecule has 0 aromatic rings. The summed E-state index contributed by atoms with van der Waals surface area (Å²) in [5, 5.41) is 10.1. The third kappa shape index (κ3) is 1.86. The van der Waals surface area contributed by atoms with Crippen molar-refractivity contribution in [3.8, 4) is 0 Å². The summed E-state index contributed by atoms with van der Waals surface area (Å²) in [7, 11) is 0. The van der Waals surface area contributed by atoms with Gasteiger partial charge in [-0.1, -0.05) is 19.4 Å². The molecule has 1 unspecified atom stereocenters. The van der Waals surface area contributed by atoms with Gasteiger partial charge in [-0.05, 0) is 79.6 Å². The van der Waals surface area contributed by atoms with Gasteiger partial charge in [0.05, 0.1) is 11.5 Å². The molecular weight excluding hydrogens is 296 g/mol. The number of aliphatic hydroxyl groups excluding tert-OH is 1. The highest BCUT2D eigenvalue weighted by Gasteiger charge is 2.59. The molecule has 0 saturated heterocycles. The largest absolute Gasteiger partial charge is 0.393 e. The molecule has 1 N–H and O–H groups in total. The molecular formula is C19H27ClO2. The van der Waals surface area contributed by atoms with Crippen LogP contribution in [0.25, 0.3) is 0 Å². The van der Waals surface area contributed by atoms with Gasteiger partial charge in [0.25, 0.3) is 0 Å². The van der Waals surface area contributed by atoms with Crippen molar-refractivity contribution in [1.29, 1.82) is 0 Å². The quantitative estimate of drug-likeness (QED) is 0.682. The number of halogens is 1. The first kappa shape index (κ1) is 15.2. The zero-order valence-electron chi connectivity index (χ0n) is 13.6. The lowest BCUT2D eigenvalue weighted by Crippen LogP contribution is -2.52. The lowest BCUT2D eigenvalue weighted by Gasteiger charge is -2.58. The van der Waals surface area contributed by atoms with E-state index in [2.05, 4.69) is 13.8 Å². The molecule has 3 fully saturated rings. The number of ketones is 1. The summed E-state index contributed by atoms with van der Waals surface area (Å²) in [5.74, 6) is 2.12. The fourth-order valence-corrected chi connectivity index (χ4v) is 6.94. The van der Waals surface area contributed by atoms with Crippen LogP contribution in [0, 0.1) is 28.6 Å². The van der Waals surface area contributed by atoms with E-state index in [0.29, 0.717) is 17.8 Å². The van der Waals surface area contributed by atoms with E-state index >= 15 is 0 Å². The molecule has 0 aliphatic heterocycles. The topological polar surface area (TPSA) is 37.3 Å². The van der Waals surface area contributed by atoms with Gasteiger partial charge < -0.3 is 5.11 Å². The molecule has 0 heterocycles. The van der Waals surface area contributed by atoms with Crippen LogP contribution in [0.2, 0.25) is 0 Å². The van der Waals surface area contributed by atoms with Crippen LogP contribution < -0.4 is 0 Å². The Morgan fingerprint density at radius 2 is 1.95 bits per heavy atom. The van der Waals surface area contributed by atoms with Crippen molar-refractivity contribution in [2.45, 2.75) is 70.3 Å². The highest BCUT2D eigenvalue weighted by Crippen LogP contribution is 2.65. The third-order valence-corrected chi connectivity index (χ3v) is 8.28. The minimum atomic E-state index is -0.338. The SMILES string of the molecule is C[C@]12CC[C@H]3[C@@H](CCC4=CC(=O)C(Cl)C[C@@]43C)[C@@H]1CC[C@@H]2O. The molecule has 0 amide bonds. The van der Waals surface area contributed by atoms with Crippen molar-refractivity contribution >= 4 is 17.4 Å². The molecule has 0 spiro atoms. The Morgan fingerprint density at radius 3 is 2.73 bits per heavy atom. The number of aliphatic hydroxyl groups is 1. The van der Waals surface area contributed by atoms with Gasteiger partial charge >= 0.3 is 0 Å². The van der Waals surface area contributed by atoms with Gasteiger partial charge in [-0.25, -0.2) is 0 Å². The van der Waals surface area contributed by atoms with Gasteiger partial charge in [-0.3, -0.25) is 4.79 Å². The minimum Gasteiger partial charge on any atom is -0.393 e. The van der Waals surface area contributed by atoms with Gasteiger partial charge in [0, 0.05) is 0 Å². The average molecular weight is 323 g/mol. The van der Waals surface area contributed by atoms with E-state index in [1.54, 1.807) is 0 Å². The van der Waals surface area contributed by atoms with Crippen LogP contribution in [-0.2, 0) is 4.79 Å². The molecule has 4 aliphatic carbocycles. The minimum absolute atomic E-state index is 0.109. The maximum atomic E-state index is 12.0. The molecule has 3 heteroatoms. The van der Waals surface area contributed by atoms with Crippen LogP contribution in [0.4, 0.5) is 0 Å². The number of fused-ring (bicyclic) bond motifs is 5. The Hall–Kier alpha value is -0.340. The predicted octanol–water partition coefficient (Wildman–Crippen LogP) is 4.10. The van der Waals surface area contributed by atoms with Gasteiger partial charge in [0.2, 0.25) is 0 Å². The molecule has 122 valence electrons. The molecule has 0 radical (unpaired) electrons. The molecule has 2 nitrogen and oxygen atoms in total. The monoisotopic (exact) mass is 322 g/mol. The molecule has 3 saturated carbocycles. The fourth-order valence-electron chi connectivity index (χ4n) is 6.55. The Bertz CT molecular complexity index is 542. The maximum Gasteiger partial charge on any atom is 0.173 e. The van der Waals surface area contributed by atoms with E-state index in [1.807, 2.05) is 6.08 Å². The number of carbonyl (C=O) groups is 1. The first-order chi connectivity index (χ1) is 10.4. The van der Waals surface area contributed by atoms with Crippen LogP contribution in [0.3, 0.4) is 0 Å². The van der Waals surface area contributed by atoms with E-state index < -0.39 is 0 Å². The zero-order valence-corrected chi connectivity index (χ0v) is 14.4. The number of hydrogen-bond donors (Lipinski definition) is 1. The highest BCUT2D eigenvalue weighted by atomic mass is 35.5. The Labute approximate surface area is 138 Å². The summed E-state index contributed by atoms with van der Waals surface area (Å²) in [5.41, 5.74) is 1.60. The molecule has 7 atom stereocenters. The second-order valence-corrected chi connectivity index (χ2v) is 9.24. The number of carbonyl (C=O) groups excluding carboxylic acids is 1. The number of alkyl halides is 1. The van der Waals surface area contributed by atoms with Crippen molar-refractivity contribution < 1.29 is 9.90 Å². The number of allylic oxidation sites excluding steroid dienone is 1. The summed E-state index contributed by atoms with van der Waals surface area (Å²) >= 11 is 6.34. The van der Waals surface area contributed by atoms with Crippen molar-refractivity contribution in [3.63, 3.8) is 0 Å². The summed E-state index contributed by atoms with van der Waals surface area (Å²) in [6.07, 6.45) is 9.27. The first-order valence-electron chi connectivity index (χ1n) is 8.93. The average Bonchev–Trinajstić information content (AvgIpc) is 2.77. The summed E-state index contributed by atoms with van der Waals surface area (Å²) in [4.78, 5) is 12.0. The normalized spacial score (nSPS) is 54.3. The maximum absolute atomic E-state index is 12.0. The van der Waals surface area contributed by atoms with Gasteiger partial charge in [0.1, 0.15) is 0 Å². The Balaban J connectivity index is 1.70. The van der Waals surface area contributed by atoms with Crippen molar-refractivity contribution in [2.75, 3.05) is 0 Å². The lowest BCUT2D eigenvalue weighted by atomic mass is 9.47. The van der Waals surface area contributed by atoms with Gasteiger partial charge in [-0.2, -0.15) is 0 Å². The van der Waals surface area contributed by atoms with Gasteiger partial charge in [-0.15, -0.1) is 11.6 Å². The van der Waals surface area contributed by atoms with E-state index in [9.17, 15) is 9.90 Å². The van der Waals surface area contributed by atoms with E-state index in [4.69, 9.17) is 11.6 Å². The molecule has 4 aliphatic rings. The predicted molar refractivity (Wildman–Crippen MR) is 87.7 cm³/mol. The molecule has 0 aromatic carbocycles. The second-order valence-electron chi connectivity index (χ2n) is 8.71. The van der Waals surface area contributed by atoms with E-state index in [-0.39, 0.29) is 28.1 Å². The zero-order chi connectivity index (χ0) is 15.7. The van der Waals surface area contributed by atoms with Crippen LogP contribution in [0.15, 0.2) is 11.6 Å². The van der Waals surface area contributed by atoms with Crippen molar-refractivity contribution in [1.82, 2.24) is 0 Å². The lowest BCUT2D eigenvalue weighted by molar-refractivity contribution is -0.117. The molecule has 22 heavy (non-hydrogen) atoms. The molecule has 4 rings (SSSR count). The van der Waals surface area contributed by atoms with Crippen LogP contribution >= 0.6 is 11.6 Å². The van der Waals surface area contributed by atoms with Crippen molar-refractivity contribution in [2.24, 2.45) is 28.6 Å². The van der Waals surface area contributed by atoms with Crippen LogP contribution in [-0.4, -0.2) is 22.4 Å². The molecule has 0 aromatic heterocycles. The second kappa shape index (κ2) is 4.83. The first-order valence-corrected chi connectivity index (χ1v) is 9.37.